The highest BCUT2D eigenvalue weighted by atomic mass is 19.2. The van der Waals surface area contributed by atoms with Gasteiger partial charge in [-0.3, -0.25) is 0 Å². The lowest BCUT2D eigenvalue weighted by molar-refractivity contribution is 0.375. The van der Waals surface area contributed by atoms with Crippen LogP contribution in [-0.2, 0) is 0 Å². The molecule has 0 N–H and O–H groups in total. The molecule has 0 bridgehead atoms. The number of benzene rings is 1. The molecule has 17 heavy (non-hydrogen) atoms. The van der Waals surface area contributed by atoms with Crippen molar-refractivity contribution in [3.05, 3.63) is 53.1 Å². The van der Waals surface area contributed by atoms with Crippen LogP contribution in [0.15, 0.2) is 18.5 Å². The molecule has 0 aliphatic rings. The Hall–Kier alpha value is -1.85. The van der Waals surface area contributed by atoms with Gasteiger partial charge >= 0.3 is 0 Å². The quantitative estimate of drug-likeness (QED) is 0.413. The van der Waals surface area contributed by atoms with Gasteiger partial charge in [-0.25, -0.2) is 22.0 Å². The van der Waals surface area contributed by atoms with E-state index in [-0.39, 0.29) is 0 Å². The Balaban J connectivity index is 2.78. The van der Waals surface area contributed by atoms with Gasteiger partial charge in [0.1, 0.15) is 5.69 Å². The second-order valence-corrected chi connectivity index (χ2v) is 3.51. The second-order valence-electron chi connectivity index (χ2n) is 3.51. The molecule has 0 saturated carbocycles. The third-order valence-corrected chi connectivity index (χ3v) is 2.29. The van der Waals surface area contributed by atoms with Crippen molar-refractivity contribution < 1.29 is 22.0 Å². The maximum atomic E-state index is 13.4. The summed E-state index contributed by atoms with van der Waals surface area (Å²) in [7, 11) is 0. The molecular formula is C11H6F5N. The average Bonchev–Trinajstić information content (AvgIpc) is 2.71. The summed E-state index contributed by atoms with van der Waals surface area (Å²) in [5.41, 5.74) is -0.344. The topological polar surface area (TPSA) is 4.93 Å². The third-order valence-electron chi connectivity index (χ3n) is 2.29. The SMILES string of the molecule is Cc1ccn(-c2c(F)c(F)c(F)c(F)c2F)c1. The summed E-state index contributed by atoms with van der Waals surface area (Å²) in [5, 5.41) is 0. The van der Waals surface area contributed by atoms with Crippen LogP contribution in [0.4, 0.5) is 22.0 Å². The Bertz CT molecular complexity index is 559. The van der Waals surface area contributed by atoms with Gasteiger partial charge in [-0.15, -0.1) is 0 Å². The molecule has 6 heteroatoms. The molecule has 1 nitrogen and oxygen atoms in total. The maximum Gasteiger partial charge on any atom is 0.200 e. The zero-order valence-corrected chi connectivity index (χ0v) is 8.57. The first-order valence-electron chi connectivity index (χ1n) is 4.60. The molecule has 2 rings (SSSR count). The van der Waals surface area contributed by atoms with Gasteiger partial charge < -0.3 is 4.57 Å². The number of aryl methyl sites for hydroxylation is 1. The van der Waals surface area contributed by atoms with Crippen LogP contribution >= 0.6 is 0 Å². The molecule has 1 heterocycles. The van der Waals surface area contributed by atoms with Crippen molar-refractivity contribution in [1.82, 2.24) is 4.57 Å². The minimum Gasteiger partial charge on any atom is -0.318 e. The Labute approximate surface area is 93.1 Å². The lowest BCUT2D eigenvalue weighted by Crippen LogP contribution is -2.08. The average molecular weight is 247 g/mol. The summed E-state index contributed by atoms with van der Waals surface area (Å²) in [6, 6.07) is 1.48. The summed E-state index contributed by atoms with van der Waals surface area (Å²) in [5.74, 6) is -9.77. The van der Waals surface area contributed by atoms with Crippen molar-refractivity contribution in [2.45, 2.75) is 6.92 Å². The van der Waals surface area contributed by atoms with E-state index in [1.807, 2.05) is 0 Å². The fourth-order valence-corrected chi connectivity index (χ4v) is 1.46. The highest BCUT2D eigenvalue weighted by Gasteiger charge is 2.26. The molecule has 0 atom stereocenters. The highest BCUT2D eigenvalue weighted by molar-refractivity contribution is 5.39. The minimum absolute atomic E-state index is 0.633. The van der Waals surface area contributed by atoms with Gasteiger partial charge in [-0.1, -0.05) is 0 Å². The summed E-state index contributed by atoms with van der Waals surface area (Å²) < 4.78 is 66.2. The molecule has 2 aromatic rings. The third kappa shape index (κ3) is 1.69. The Morgan fingerprint density at radius 3 is 1.71 bits per heavy atom. The Morgan fingerprint density at radius 2 is 1.29 bits per heavy atom. The van der Waals surface area contributed by atoms with Crippen LogP contribution in [0.2, 0.25) is 0 Å². The lowest BCUT2D eigenvalue weighted by Gasteiger charge is -2.08. The van der Waals surface area contributed by atoms with E-state index in [9.17, 15) is 22.0 Å². The number of hydrogen-bond donors (Lipinski definition) is 0. The van der Waals surface area contributed by atoms with E-state index in [1.54, 1.807) is 6.92 Å². The zero-order chi connectivity index (χ0) is 12.7. The first-order valence-corrected chi connectivity index (χ1v) is 4.60. The smallest absolute Gasteiger partial charge is 0.200 e. The van der Waals surface area contributed by atoms with Crippen LogP contribution in [0.25, 0.3) is 5.69 Å². The molecule has 0 spiro atoms. The van der Waals surface area contributed by atoms with E-state index in [0.29, 0.717) is 5.56 Å². The maximum absolute atomic E-state index is 13.4. The van der Waals surface area contributed by atoms with Gasteiger partial charge in [0.05, 0.1) is 0 Å². The highest BCUT2D eigenvalue weighted by Crippen LogP contribution is 2.26. The van der Waals surface area contributed by atoms with E-state index in [2.05, 4.69) is 0 Å². The molecule has 0 aliphatic heterocycles. The monoisotopic (exact) mass is 247 g/mol. The largest absolute Gasteiger partial charge is 0.318 e. The van der Waals surface area contributed by atoms with Crippen molar-refractivity contribution >= 4 is 0 Å². The lowest BCUT2D eigenvalue weighted by atomic mass is 10.2. The van der Waals surface area contributed by atoms with Gasteiger partial charge in [-0.2, -0.15) is 0 Å². The number of hydrogen-bond acceptors (Lipinski definition) is 0. The molecule has 1 aromatic carbocycles. The van der Waals surface area contributed by atoms with E-state index in [1.165, 1.54) is 18.5 Å². The van der Waals surface area contributed by atoms with Gasteiger partial charge in [0.15, 0.2) is 23.3 Å². The molecule has 0 radical (unpaired) electrons. The zero-order valence-electron chi connectivity index (χ0n) is 8.57. The molecule has 0 unspecified atom stereocenters. The fraction of sp³-hybridized carbons (Fsp3) is 0.0909. The molecule has 90 valence electrons. The van der Waals surface area contributed by atoms with Crippen molar-refractivity contribution in [3.8, 4) is 5.69 Å². The fourth-order valence-electron chi connectivity index (χ4n) is 1.46. The normalized spacial score (nSPS) is 10.9. The first-order chi connectivity index (χ1) is 7.93. The standard InChI is InChI=1S/C11H6F5N/c1-5-2-3-17(4-5)11-9(15)7(13)6(12)8(14)10(11)16/h2-4H,1H3. The number of aromatic nitrogens is 1. The second kappa shape index (κ2) is 3.87. The summed E-state index contributed by atoms with van der Waals surface area (Å²) in [6.07, 6.45) is 2.48. The van der Waals surface area contributed by atoms with Crippen LogP contribution in [0.5, 0.6) is 0 Å². The Morgan fingerprint density at radius 1 is 0.824 bits per heavy atom. The molecule has 0 aliphatic carbocycles. The minimum atomic E-state index is -2.16. The van der Waals surface area contributed by atoms with Crippen molar-refractivity contribution in [1.29, 1.82) is 0 Å². The predicted octanol–water partition coefficient (Wildman–Crippen LogP) is 3.48. The van der Waals surface area contributed by atoms with E-state index in [4.69, 9.17) is 0 Å². The van der Waals surface area contributed by atoms with Gasteiger partial charge in [0.25, 0.3) is 0 Å². The van der Waals surface area contributed by atoms with Crippen molar-refractivity contribution in [2.24, 2.45) is 0 Å². The van der Waals surface area contributed by atoms with E-state index < -0.39 is 34.8 Å². The molecule has 0 fully saturated rings. The van der Waals surface area contributed by atoms with Gasteiger partial charge in [-0.05, 0) is 18.6 Å². The molecule has 1 aromatic heterocycles. The number of nitrogens with zero attached hydrogens (tertiary/aromatic N) is 1. The first kappa shape index (κ1) is 11.6. The molecule has 0 amide bonds. The predicted molar refractivity (Wildman–Crippen MR) is 50.3 cm³/mol. The van der Waals surface area contributed by atoms with Crippen molar-refractivity contribution in [2.75, 3.05) is 0 Å². The van der Waals surface area contributed by atoms with Crippen LogP contribution in [-0.4, -0.2) is 4.57 Å². The van der Waals surface area contributed by atoms with Crippen LogP contribution < -0.4 is 0 Å². The number of rotatable bonds is 1. The summed E-state index contributed by atoms with van der Waals surface area (Å²) in [4.78, 5) is 0. The van der Waals surface area contributed by atoms with Crippen LogP contribution in [0, 0.1) is 36.0 Å². The van der Waals surface area contributed by atoms with Gasteiger partial charge in [0.2, 0.25) is 5.82 Å². The Kier molecular flexibility index (Phi) is 2.65. The summed E-state index contributed by atoms with van der Waals surface area (Å²) in [6.45, 7) is 1.63. The summed E-state index contributed by atoms with van der Waals surface area (Å²) >= 11 is 0. The number of halogens is 5. The van der Waals surface area contributed by atoms with Crippen LogP contribution in [0.1, 0.15) is 5.56 Å². The molecular weight excluding hydrogens is 241 g/mol. The molecule has 0 saturated heterocycles. The van der Waals surface area contributed by atoms with E-state index in [0.717, 1.165) is 4.57 Å². The van der Waals surface area contributed by atoms with Gasteiger partial charge in [0, 0.05) is 12.4 Å². The van der Waals surface area contributed by atoms with Crippen molar-refractivity contribution in [3.63, 3.8) is 0 Å². The van der Waals surface area contributed by atoms with E-state index >= 15 is 0 Å². The van der Waals surface area contributed by atoms with Crippen LogP contribution in [0.3, 0.4) is 0 Å².